The summed E-state index contributed by atoms with van der Waals surface area (Å²) in [7, 11) is 0. The number of hydrogen-bond donors (Lipinski definition) is 2. The van der Waals surface area contributed by atoms with Gasteiger partial charge in [0.1, 0.15) is 0 Å². The molecule has 0 aromatic rings. The molecular formula is C13H27NO2. The van der Waals surface area contributed by atoms with Gasteiger partial charge in [0.2, 0.25) is 0 Å². The predicted octanol–water partition coefficient (Wildman–Crippen LogP) is 1.80. The van der Waals surface area contributed by atoms with E-state index in [1.54, 1.807) is 0 Å². The molecule has 1 unspecified atom stereocenters. The van der Waals surface area contributed by atoms with Gasteiger partial charge < -0.3 is 15.2 Å². The smallest absolute Gasteiger partial charge is 0.0897 e. The molecule has 0 aromatic heterocycles. The van der Waals surface area contributed by atoms with Crippen LogP contribution in [0, 0.1) is 10.8 Å². The third-order valence-corrected chi connectivity index (χ3v) is 4.20. The highest BCUT2D eigenvalue weighted by atomic mass is 16.5. The van der Waals surface area contributed by atoms with Crippen LogP contribution in [-0.4, -0.2) is 36.5 Å². The van der Waals surface area contributed by atoms with Crippen LogP contribution >= 0.6 is 0 Å². The Labute approximate surface area is 99.6 Å². The van der Waals surface area contributed by atoms with E-state index in [4.69, 9.17) is 4.74 Å². The first-order valence-corrected chi connectivity index (χ1v) is 6.22. The van der Waals surface area contributed by atoms with Gasteiger partial charge >= 0.3 is 0 Å². The lowest BCUT2D eigenvalue weighted by molar-refractivity contribution is 0.00590. The van der Waals surface area contributed by atoms with Crippen LogP contribution in [0.3, 0.4) is 0 Å². The minimum atomic E-state index is -0.408. The van der Waals surface area contributed by atoms with Gasteiger partial charge in [-0.15, -0.1) is 0 Å². The molecule has 16 heavy (non-hydrogen) atoms. The lowest BCUT2D eigenvalue weighted by Crippen LogP contribution is -2.34. The molecule has 0 spiro atoms. The van der Waals surface area contributed by atoms with Crippen LogP contribution in [-0.2, 0) is 4.74 Å². The minimum absolute atomic E-state index is 0.184. The van der Waals surface area contributed by atoms with Crippen molar-refractivity contribution in [2.45, 2.75) is 59.8 Å². The Balaban J connectivity index is 2.22. The lowest BCUT2D eigenvalue weighted by atomic mass is 10.0. The Kier molecular flexibility index (Phi) is 4.04. The van der Waals surface area contributed by atoms with E-state index < -0.39 is 6.10 Å². The van der Waals surface area contributed by atoms with Gasteiger partial charge in [-0.2, -0.15) is 0 Å². The Morgan fingerprint density at radius 3 is 2.06 bits per heavy atom. The molecule has 1 atom stereocenters. The molecule has 1 fully saturated rings. The maximum absolute atomic E-state index is 9.73. The fourth-order valence-corrected chi connectivity index (χ4v) is 2.32. The first kappa shape index (κ1) is 13.9. The molecule has 0 radical (unpaired) electrons. The van der Waals surface area contributed by atoms with Crippen molar-refractivity contribution in [3.8, 4) is 0 Å². The van der Waals surface area contributed by atoms with Crippen LogP contribution in [0.2, 0.25) is 0 Å². The number of rotatable bonds is 6. The fraction of sp³-hybridized carbons (Fsp3) is 1.00. The van der Waals surface area contributed by atoms with Crippen molar-refractivity contribution in [1.29, 1.82) is 0 Å². The van der Waals surface area contributed by atoms with Gasteiger partial charge in [-0.05, 0) is 24.7 Å². The van der Waals surface area contributed by atoms with E-state index in [0.29, 0.717) is 30.0 Å². The zero-order valence-electron chi connectivity index (χ0n) is 11.5. The van der Waals surface area contributed by atoms with Gasteiger partial charge in [-0.1, -0.05) is 27.7 Å². The highest BCUT2D eigenvalue weighted by Crippen LogP contribution is 2.62. The Morgan fingerprint density at radius 1 is 1.19 bits per heavy atom. The van der Waals surface area contributed by atoms with E-state index >= 15 is 0 Å². The summed E-state index contributed by atoms with van der Waals surface area (Å²) in [5.74, 6) is 0. The SMILES string of the molecule is CC(C)OCC(O)CNC1C(C)(C)C1(C)C. The zero-order chi connectivity index (χ0) is 12.6. The molecule has 3 nitrogen and oxygen atoms in total. The second-order valence-electron chi connectivity index (χ2n) is 6.32. The number of aliphatic hydroxyl groups is 1. The van der Waals surface area contributed by atoms with Gasteiger partial charge in [-0.3, -0.25) is 0 Å². The molecule has 1 saturated carbocycles. The van der Waals surface area contributed by atoms with Crippen LogP contribution in [0.25, 0.3) is 0 Å². The number of nitrogens with one attached hydrogen (secondary N) is 1. The summed E-state index contributed by atoms with van der Waals surface area (Å²) in [6.07, 6.45) is -0.224. The van der Waals surface area contributed by atoms with E-state index in [2.05, 4.69) is 33.0 Å². The summed E-state index contributed by atoms with van der Waals surface area (Å²) in [5.41, 5.74) is 0.650. The summed E-state index contributed by atoms with van der Waals surface area (Å²) in [4.78, 5) is 0. The van der Waals surface area contributed by atoms with Gasteiger partial charge in [-0.25, -0.2) is 0 Å². The van der Waals surface area contributed by atoms with Gasteiger partial charge in [0.15, 0.2) is 0 Å². The molecular weight excluding hydrogens is 202 g/mol. The highest BCUT2D eigenvalue weighted by molar-refractivity contribution is 5.17. The van der Waals surface area contributed by atoms with E-state index in [1.165, 1.54) is 0 Å². The zero-order valence-corrected chi connectivity index (χ0v) is 11.5. The van der Waals surface area contributed by atoms with Crippen molar-refractivity contribution in [3.63, 3.8) is 0 Å². The molecule has 0 aliphatic heterocycles. The lowest BCUT2D eigenvalue weighted by Gasteiger charge is -2.15. The monoisotopic (exact) mass is 229 g/mol. The predicted molar refractivity (Wildman–Crippen MR) is 66.4 cm³/mol. The van der Waals surface area contributed by atoms with E-state index in [-0.39, 0.29) is 6.10 Å². The number of aliphatic hydroxyl groups excluding tert-OH is 1. The summed E-state index contributed by atoms with van der Waals surface area (Å²) < 4.78 is 5.37. The quantitative estimate of drug-likeness (QED) is 0.729. The first-order chi connectivity index (χ1) is 7.19. The van der Waals surface area contributed by atoms with Crippen LogP contribution in [0.4, 0.5) is 0 Å². The molecule has 0 bridgehead atoms. The summed E-state index contributed by atoms with van der Waals surface area (Å²) in [5, 5.41) is 13.2. The molecule has 0 aromatic carbocycles. The van der Waals surface area contributed by atoms with Crippen molar-refractivity contribution in [3.05, 3.63) is 0 Å². The summed E-state index contributed by atoms with van der Waals surface area (Å²) in [6, 6.07) is 0.494. The van der Waals surface area contributed by atoms with Crippen molar-refractivity contribution in [1.82, 2.24) is 5.32 Å². The van der Waals surface area contributed by atoms with Crippen molar-refractivity contribution in [2.75, 3.05) is 13.2 Å². The van der Waals surface area contributed by atoms with E-state index in [1.807, 2.05) is 13.8 Å². The summed E-state index contributed by atoms with van der Waals surface area (Å²) >= 11 is 0. The Morgan fingerprint density at radius 2 is 1.69 bits per heavy atom. The van der Waals surface area contributed by atoms with Gasteiger partial charge in [0.05, 0.1) is 18.8 Å². The average molecular weight is 229 g/mol. The van der Waals surface area contributed by atoms with Crippen LogP contribution in [0.5, 0.6) is 0 Å². The van der Waals surface area contributed by atoms with Crippen molar-refractivity contribution in [2.24, 2.45) is 10.8 Å². The third-order valence-electron chi connectivity index (χ3n) is 4.20. The highest BCUT2D eigenvalue weighted by Gasteiger charge is 2.64. The Bertz CT molecular complexity index is 222. The molecule has 1 rings (SSSR count). The average Bonchev–Trinajstić information content (AvgIpc) is 2.51. The van der Waals surface area contributed by atoms with E-state index in [0.717, 1.165) is 0 Å². The molecule has 0 saturated heterocycles. The number of hydrogen-bond acceptors (Lipinski definition) is 3. The molecule has 96 valence electrons. The maximum Gasteiger partial charge on any atom is 0.0897 e. The minimum Gasteiger partial charge on any atom is -0.389 e. The summed E-state index contributed by atoms with van der Waals surface area (Å²) in [6.45, 7) is 14.1. The number of ether oxygens (including phenoxy) is 1. The topological polar surface area (TPSA) is 41.5 Å². The molecule has 0 heterocycles. The van der Waals surface area contributed by atoms with Crippen LogP contribution in [0.1, 0.15) is 41.5 Å². The third kappa shape index (κ3) is 2.76. The normalized spacial score (nSPS) is 24.8. The second kappa shape index (κ2) is 4.63. The second-order valence-corrected chi connectivity index (χ2v) is 6.32. The van der Waals surface area contributed by atoms with Gasteiger partial charge in [0, 0.05) is 12.6 Å². The van der Waals surface area contributed by atoms with Crippen molar-refractivity contribution < 1.29 is 9.84 Å². The fourth-order valence-electron chi connectivity index (χ4n) is 2.32. The van der Waals surface area contributed by atoms with Crippen LogP contribution in [0.15, 0.2) is 0 Å². The molecule has 1 aliphatic carbocycles. The maximum atomic E-state index is 9.73. The van der Waals surface area contributed by atoms with Crippen LogP contribution < -0.4 is 5.32 Å². The molecule has 3 heteroatoms. The first-order valence-electron chi connectivity index (χ1n) is 6.22. The molecule has 2 N–H and O–H groups in total. The van der Waals surface area contributed by atoms with Crippen molar-refractivity contribution >= 4 is 0 Å². The van der Waals surface area contributed by atoms with Gasteiger partial charge in [0.25, 0.3) is 0 Å². The molecule has 1 aliphatic rings. The molecule has 0 amide bonds. The largest absolute Gasteiger partial charge is 0.389 e. The standard InChI is InChI=1S/C13H27NO2/c1-9(2)16-8-10(15)7-14-11-12(3,4)13(11,5)6/h9-11,14-15H,7-8H2,1-6H3. The Hall–Kier alpha value is -0.120. The van der Waals surface area contributed by atoms with E-state index in [9.17, 15) is 5.11 Å².